The number of morpholine rings is 1. The number of hydrogen-bond acceptors (Lipinski definition) is 7. The number of fused-ring (bicyclic) bond motifs is 1. The first-order valence-electron chi connectivity index (χ1n) is 12.3. The summed E-state index contributed by atoms with van der Waals surface area (Å²) in [5.41, 5.74) is 5.06. The monoisotopic (exact) mass is 509 g/mol. The number of aromatic nitrogens is 1. The zero-order chi connectivity index (χ0) is 25.1. The average Bonchev–Trinajstić information content (AvgIpc) is 3.21. The van der Waals surface area contributed by atoms with Gasteiger partial charge in [-0.1, -0.05) is 24.3 Å². The van der Waals surface area contributed by atoms with Crippen molar-refractivity contribution in [3.05, 3.63) is 59.8 Å². The van der Waals surface area contributed by atoms with Gasteiger partial charge in [0.1, 0.15) is 5.75 Å². The van der Waals surface area contributed by atoms with Gasteiger partial charge < -0.3 is 14.8 Å². The Hall–Kier alpha value is -3.01. The molecule has 1 atom stereocenters. The van der Waals surface area contributed by atoms with Crippen LogP contribution in [0.3, 0.4) is 0 Å². The van der Waals surface area contributed by atoms with Crippen molar-refractivity contribution in [3.63, 3.8) is 0 Å². The van der Waals surface area contributed by atoms with Crippen LogP contribution < -0.4 is 10.1 Å². The summed E-state index contributed by atoms with van der Waals surface area (Å²) in [4.78, 5) is 19.5. The molecule has 0 unspecified atom stereocenters. The highest BCUT2D eigenvalue weighted by Gasteiger charge is 2.29. The molecular formula is C27H31N3O5S. The molecule has 2 fully saturated rings. The van der Waals surface area contributed by atoms with Crippen LogP contribution in [0.2, 0.25) is 0 Å². The van der Waals surface area contributed by atoms with E-state index in [1.807, 2.05) is 37.3 Å². The largest absolute Gasteiger partial charge is 0.483 e. The molecule has 190 valence electrons. The van der Waals surface area contributed by atoms with Crippen molar-refractivity contribution in [2.24, 2.45) is 0 Å². The number of hydrogen-bond donors (Lipinski definition) is 1. The van der Waals surface area contributed by atoms with Gasteiger partial charge in [0.2, 0.25) is 0 Å². The van der Waals surface area contributed by atoms with E-state index in [0.29, 0.717) is 31.9 Å². The summed E-state index contributed by atoms with van der Waals surface area (Å²) in [6, 6.07) is 15.9. The molecule has 0 aliphatic carbocycles. The number of carbonyl (C=O) groups is 1. The molecule has 3 heterocycles. The highest BCUT2D eigenvalue weighted by Crippen LogP contribution is 2.32. The van der Waals surface area contributed by atoms with Crippen LogP contribution in [0.5, 0.6) is 5.75 Å². The Morgan fingerprint density at radius 1 is 1.17 bits per heavy atom. The standard InChI is InChI=1S/C27H31N3O5S/c1-19-14-24(23-4-2-3-5-25(23)28-19)20-6-7-26(21(15-20)16-30-9-11-34-12-10-30)35-17-27(31)29-22-8-13-36(32,33)18-22/h2-7,14-15,22H,8-13,16-18H2,1H3,(H,29,31)/t22-/m1/s1. The molecule has 1 aromatic heterocycles. The van der Waals surface area contributed by atoms with E-state index in [-0.39, 0.29) is 30.1 Å². The van der Waals surface area contributed by atoms with Crippen molar-refractivity contribution in [3.8, 4) is 16.9 Å². The molecule has 3 aromatic rings. The van der Waals surface area contributed by atoms with E-state index in [4.69, 9.17) is 9.47 Å². The molecule has 1 N–H and O–H groups in total. The molecule has 2 saturated heterocycles. The van der Waals surface area contributed by atoms with E-state index >= 15 is 0 Å². The minimum atomic E-state index is -3.06. The summed E-state index contributed by atoms with van der Waals surface area (Å²) < 4.78 is 34.9. The second-order valence-electron chi connectivity index (χ2n) is 9.50. The van der Waals surface area contributed by atoms with E-state index in [1.165, 1.54) is 0 Å². The SMILES string of the molecule is Cc1cc(-c2ccc(OCC(=O)N[C@@H]3CCS(=O)(=O)C3)c(CN3CCOCC3)c2)c2ccccc2n1. The molecule has 8 nitrogen and oxygen atoms in total. The summed E-state index contributed by atoms with van der Waals surface area (Å²) >= 11 is 0. The van der Waals surface area contributed by atoms with Gasteiger partial charge in [0.25, 0.3) is 5.91 Å². The van der Waals surface area contributed by atoms with Crippen LogP contribution in [-0.4, -0.2) is 74.7 Å². The topological polar surface area (TPSA) is 97.8 Å². The zero-order valence-electron chi connectivity index (χ0n) is 20.4. The summed E-state index contributed by atoms with van der Waals surface area (Å²) in [7, 11) is -3.06. The lowest BCUT2D eigenvalue weighted by molar-refractivity contribution is -0.123. The number of rotatable bonds is 7. The molecule has 5 rings (SSSR count). The molecule has 0 radical (unpaired) electrons. The first-order chi connectivity index (χ1) is 17.4. The van der Waals surface area contributed by atoms with Gasteiger partial charge in [-0.05, 0) is 48.7 Å². The second kappa shape index (κ2) is 10.5. The predicted octanol–water partition coefficient (Wildman–Crippen LogP) is 2.72. The van der Waals surface area contributed by atoms with Gasteiger partial charge in [-0.3, -0.25) is 14.7 Å². The van der Waals surface area contributed by atoms with Crippen LogP contribution in [0.25, 0.3) is 22.0 Å². The second-order valence-corrected chi connectivity index (χ2v) is 11.7. The molecule has 9 heteroatoms. The third kappa shape index (κ3) is 5.86. The molecule has 2 aromatic carbocycles. The predicted molar refractivity (Wildman–Crippen MR) is 139 cm³/mol. The molecule has 0 spiro atoms. The lowest BCUT2D eigenvalue weighted by Crippen LogP contribution is -2.38. The van der Waals surface area contributed by atoms with Crippen LogP contribution >= 0.6 is 0 Å². The minimum Gasteiger partial charge on any atom is -0.483 e. The molecule has 1 amide bonds. The number of nitrogens with zero attached hydrogens (tertiary/aromatic N) is 2. The van der Waals surface area contributed by atoms with Gasteiger partial charge in [0.05, 0.1) is 30.2 Å². The summed E-state index contributed by atoms with van der Waals surface area (Å²) in [6.07, 6.45) is 0.449. The lowest BCUT2D eigenvalue weighted by Gasteiger charge is -2.27. The van der Waals surface area contributed by atoms with E-state index in [1.54, 1.807) is 0 Å². The van der Waals surface area contributed by atoms with Crippen LogP contribution in [0, 0.1) is 6.92 Å². The molecule has 0 bridgehead atoms. The normalized spacial score (nSPS) is 19.9. The first-order valence-corrected chi connectivity index (χ1v) is 14.1. The Bertz CT molecular complexity index is 1370. The first kappa shape index (κ1) is 24.7. The number of sulfone groups is 1. The Morgan fingerprint density at radius 2 is 1.97 bits per heavy atom. The molecule has 2 aliphatic heterocycles. The van der Waals surface area contributed by atoms with Gasteiger partial charge >= 0.3 is 0 Å². The number of pyridine rings is 1. The van der Waals surface area contributed by atoms with Crippen LogP contribution in [-0.2, 0) is 25.9 Å². The number of para-hydroxylation sites is 1. The van der Waals surface area contributed by atoms with Crippen molar-refractivity contribution in [2.75, 3.05) is 44.4 Å². The third-order valence-electron chi connectivity index (χ3n) is 6.67. The van der Waals surface area contributed by atoms with E-state index in [9.17, 15) is 13.2 Å². The van der Waals surface area contributed by atoms with Crippen LogP contribution in [0.15, 0.2) is 48.5 Å². The van der Waals surface area contributed by atoms with Crippen molar-refractivity contribution in [2.45, 2.75) is 25.9 Å². The highest BCUT2D eigenvalue weighted by atomic mass is 32.2. The van der Waals surface area contributed by atoms with E-state index in [0.717, 1.165) is 46.4 Å². The van der Waals surface area contributed by atoms with Gasteiger partial charge in [0, 0.05) is 42.3 Å². The van der Waals surface area contributed by atoms with Gasteiger partial charge in [-0.2, -0.15) is 0 Å². The Labute approximate surface area is 211 Å². The fourth-order valence-electron chi connectivity index (χ4n) is 4.88. The number of carbonyl (C=O) groups excluding carboxylic acids is 1. The van der Waals surface area contributed by atoms with Gasteiger partial charge in [-0.25, -0.2) is 8.42 Å². The Balaban J connectivity index is 1.39. The number of ether oxygens (including phenoxy) is 2. The highest BCUT2D eigenvalue weighted by molar-refractivity contribution is 7.91. The van der Waals surface area contributed by atoms with Crippen molar-refractivity contribution in [1.29, 1.82) is 0 Å². The fourth-order valence-corrected chi connectivity index (χ4v) is 6.55. The fraction of sp³-hybridized carbons (Fsp3) is 0.407. The quantitative estimate of drug-likeness (QED) is 0.523. The Kier molecular flexibility index (Phi) is 7.22. The maximum absolute atomic E-state index is 12.5. The van der Waals surface area contributed by atoms with Crippen LogP contribution in [0.1, 0.15) is 17.7 Å². The zero-order valence-corrected chi connectivity index (χ0v) is 21.2. The summed E-state index contributed by atoms with van der Waals surface area (Å²) in [5.74, 6) is 0.450. The lowest BCUT2D eigenvalue weighted by atomic mass is 9.98. The van der Waals surface area contributed by atoms with Crippen molar-refractivity contribution >= 4 is 26.6 Å². The average molecular weight is 510 g/mol. The minimum absolute atomic E-state index is 0.00494. The van der Waals surface area contributed by atoms with Crippen molar-refractivity contribution < 1.29 is 22.7 Å². The van der Waals surface area contributed by atoms with Crippen molar-refractivity contribution in [1.82, 2.24) is 15.2 Å². The molecular weight excluding hydrogens is 478 g/mol. The van der Waals surface area contributed by atoms with E-state index < -0.39 is 9.84 Å². The number of aryl methyl sites for hydroxylation is 1. The molecule has 36 heavy (non-hydrogen) atoms. The molecule has 0 saturated carbocycles. The maximum atomic E-state index is 12.5. The number of nitrogens with one attached hydrogen (secondary N) is 1. The van der Waals surface area contributed by atoms with Gasteiger partial charge in [-0.15, -0.1) is 0 Å². The molecule has 2 aliphatic rings. The third-order valence-corrected chi connectivity index (χ3v) is 8.44. The van der Waals surface area contributed by atoms with Gasteiger partial charge in [0.15, 0.2) is 16.4 Å². The number of amides is 1. The smallest absolute Gasteiger partial charge is 0.258 e. The van der Waals surface area contributed by atoms with E-state index in [2.05, 4.69) is 33.4 Å². The summed E-state index contributed by atoms with van der Waals surface area (Å²) in [5, 5.41) is 3.88. The van der Waals surface area contributed by atoms with Crippen LogP contribution in [0.4, 0.5) is 0 Å². The summed E-state index contributed by atoms with van der Waals surface area (Å²) in [6.45, 7) is 5.55. The Morgan fingerprint density at radius 3 is 2.75 bits per heavy atom. The number of benzene rings is 2. The maximum Gasteiger partial charge on any atom is 0.258 e.